The minimum absolute atomic E-state index is 0.271. The van der Waals surface area contributed by atoms with Crippen LogP contribution < -0.4 is 10.6 Å². The topological polar surface area (TPSA) is 71.8 Å². The van der Waals surface area contributed by atoms with Crippen LogP contribution in [0.3, 0.4) is 0 Å². The number of aromatic nitrogens is 3. The Labute approximate surface area is 236 Å². The first-order valence-corrected chi connectivity index (χ1v) is 15.1. The van der Waals surface area contributed by atoms with E-state index < -0.39 is 0 Å². The van der Waals surface area contributed by atoms with E-state index in [1.807, 2.05) is 24.3 Å². The van der Waals surface area contributed by atoms with E-state index in [-0.39, 0.29) is 6.03 Å². The van der Waals surface area contributed by atoms with Crippen LogP contribution in [0.4, 0.5) is 16.3 Å². The van der Waals surface area contributed by atoms with Gasteiger partial charge in [-0.1, -0.05) is 117 Å². The number of nitrogens with zero attached hydrogens (tertiary/aromatic N) is 3. The summed E-state index contributed by atoms with van der Waals surface area (Å²) in [7, 11) is 0. The standard InChI is InChI=1S/C33H49N5O/c1-6-7-8-9-10-11-12-13-14-15-19-27-24-31(38(37-27)30-22-16-17-23-34-30)35-33(39)36-32-28(25(2)3)20-18-21-29(32)26(4)5/h16-18,20-26H,6-15,19H2,1-5H3,(H2,35,36,39). The van der Waals surface area contributed by atoms with Crippen LogP contribution in [0, 0.1) is 0 Å². The summed E-state index contributed by atoms with van der Waals surface area (Å²) in [6.07, 6.45) is 15.7. The molecule has 0 spiro atoms. The second-order valence-corrected chi connectivity index (χ2v) is 11.3. The van der Waals surface area contributed by atoms with Crippen molar-refractivity contribution in [3.8, 4) is 5.82 Å². The summed E-state index contributed by atoms with van der Waals surface area (Å²) in [6, 6.07) is 13.7. The third kappa shape index (κ3) is 9.52. The van der Waals surface area contributed by atoms with Crippen LogP contribution in [0.2, 0.25) is 0 Å². The lowest BCUT2D eigenvalue weighted by Crippen LogP contribution is -2.23. The highest BCUT2D eigenvalue weighted by Crippen LogP contribution is 2.32. The predicted octanol–water partition coefficient (Wildman–Crippen LogP) is 9.62. The van der Waals surface area contributed by atoms with Gasteiger partial charge < -0.3 is 5.32 Å². The maximum atomic E-state index is 13.3. The van der Waals surface area contributed by atoms with E-state index in [1.165, 1.54) is 57.8 Å². The molecule has 0 saturated carbocycles. The van der Waals surface area contributed by atoms with Gasteiger partial charge in [0.05, 0.1) is 5.69 Å². The lowest BCUT2D eigenvalue weighted by Gasteiger charge is -2.20. The van der Waals surface area contributed by atoms with Gasteiger partial charge in [-0.3, -0.25) is 5.32 Å². The van der Waals surface area contributed by atoms with Crippen molar-refractivity contribution in [3.05, 3.63) is 65.5 Å². The van der Waals surface area contributed by atoms with Crippen LogP contribution in [0.5, 0.6) is 0 Å². The first kappa shape index (κ1) is 30.4. The number of urea groups is 1. The SMILES string of the molecule is CCCCCCCCCCCCc1cc(NC(=O)Nc2c(C(C)C)cccc2C(C)C)n(-c2ccccn2)n1. The zero-order valence-corrected chi connectivity index (χ0v) is 24.8. The Bertz CT molecular complexity index is 1110. The Morgan fingerprint density at radius 3 is 1.97 bits per heavy atom. The molecule has 3 aromatic rings. The molecule has 6 heteroatoms. The van der Waals surface area contributed by atoms with E-state index in [2.05, 4.69) is 68.4 Å². The minimum Gasteiger partial charge on any atom is -0.307 e. The minimum atomic E-state index is -0.271. The van der Waals surface area contributed by atoms with Crippen molar-refractivity contribution in [3.63, 3.8) is 0 Å². The largest absolute Gasteiger partial charge is 0.324 e. The molecular formula is C33H49N5O. The predicted molar refractivity (Wildman–Crippen MR) is 164 cm³/mol. The van der Waals surface area contributed by atoms with Crippen LogP contribution in [-0.4, -0.2) is 20.8 Å². The van der Waals surface area contributed by atoms with Crippen molar-refractivity contribution in [2.75, 3.05) is 10.6 Å². The van der Waals surface area contributed by atoms with E-state index in [1.54, 1.807) is 10.9 Å². The molecule has 0 bridgehead atoms. The molecule has 2 heterocycles. The van der Waals surface area contributed by atoms with Gasteiger partial charge in [0, 0.05) is 18.0 Å². The molecule has 0 aliphatic carbocycles. The van der Waals surface area contributed by atoms with Crippen LogP contribution >= 0.6 is 0 Å². The molecule has 0 aliphatic heterocycles. The zero-order valence-electron chi connectivity index (χ0n) is 24.8. The van der Waals surface area contributed by atoms with E-state index in [0.717, 1.165) is 35.3 Å². The molecule has 3 rings (SSSR count). The van der Waals surface area contributed by atoms with Gasteiger partial charge in [-0.15, -0.1) is 0 Å². The van der Waals surface area contributed by atoms with E-state index >= 15 is 0 Å². The van der Waals surface area contributed by atoms with Gasteiger partial charge in [-0.25, -0.2) is 9.78 Å². The molecule has 1 aromatic carbocycles. The number of rotatable bonds is 16. The van der Waals surface area contributed by atoms with Crippen molar-refractivity contribution >= 4 is 17.5 Å². The molecule has 0 aliphatic rings. The number of pyridine rings is 1. The fourth-order valence-corrected chi connectivity index (χ4v) is 5.05. The monoisotopic (exact) mass is 531 g/mol. The highest BCUT2D eigenvalue weighted by Gasteiger charge is 2.18. The number of hydrogen-bond acceptors (Lipinski definition) is 3. The third-order valence-electron chi connectivity index (χ3n) is 7.27. The first-order chi connectivity index (χ1) is 18.9. The van der Waals surface area contributed by atoms with Crippen molar-refractivity contribution in [2.24, 2.45) is 0 Å². The second-order valence-electron chi connectivity index (χ2n) is 11.3. The quantitative estimate of drug-likeness (QED) is 0.181. The third-order valence-corrected chi connectivity index (χ3v) is 7.27. The summed E-state index contributed by atoms with van der Waals surface area (Å²) in [5.74, 6) is 1.91. The Morgan fingerprint density at radius 2 is 1.41 bits per heavy atom. The van der Waals surface area contributed by atoms with E-state index in [0.29, 0.717) is 23.5 Å². The highest BCUT2D eigenvalue weighted by molar-refractivity contribution is 6.00. The van der Waals surface area contributed by atoms with Gasteiger partial charge in [0.2, 0.25) is 0 Å². The average Bonchev–Trinajstić information content (AvgIpc) is 3.32. The van der Waals surface area contributed by atoms with Gasteiger partial charge in [0.15, 0.2) is 5.82 Å². The average molecular weight is 532 g/mol. The Kier molecular flexibility index (Phi) is 12.5. The van der Waals surface area contributed by atoms with Gasteiger partial charge in [-0.05, 0) is 47.9 Å². The van der Waals surface area contributed by atoms with E-state index in [4.69, 9.17) is 5.10 Å². The molecule has 212 valence electrons. The van der Waals surface area contributed by atoms with Crippen LogP contribution in [0.1, 0.15) is 127 Å². The highest BCUT2D eigenvalue weighted by atomic mass is 16.2. The number of benzene rings is 1. The van der Waals surface area contributed by atoms with Gasteiger partial charge in [-0.2, -0.15) is 9.78 Å². The number of nitrogens with one attached hydrogen (secondary N) is 2. The van der Waals surface area contributed by atoms with Gasteiger partial charge in [0.1, 0.15) is 5.82 Å². The summed E-state index contributed by atoms with van der Waals surface area (Å²) in [6.45, 7) is 10.9. The Morgan fingerprint density at radius 1 is 0.795 bits per heavy atom. The molecule has 2 amide bonds. The molecule has 2 aromatic heterocycles. The number of unbranched alkanes of at least 4 members (excludes halogenated alkanes) is 9. The van der Waals surface area contributed by atoms with Crippen molar-refractivity contribution in [2.45, 2.75) is 117 Å². The summed E-state index contributed by atoms with van der Waals surface area (Å²) in [5, 5.41) is 11.0. The van der Waals surface area contributed by atoms with Gasteiger partial charge in [0.25, 0.3) is 0 Å². The maximum Gasteiger partial charge on any atom is 0.324 e. The molecule has 0 atom stereocenters. The molecule has 0 unspecified atom stereocenters. The van der Waals surface area contributed by atoms with Crippen LogP contribution in [0.25, 0.3) is 5.82 Å². The summed E-state index contributed by atoms with van der Waals surface area (Å²) in [5.41, 5.74) is 4.14. The lowest BCUT2D eigenvalue weighted by molar-refractivity contribution is 0.262. The molecular weight excluding hydrogens is 482 g/mol. The van der Waals surface area contributed by atoms with Crippen LogP contribution in [0.15, 0.2) is 48.7 Å². The van der Waals surface area contributed by atoms with Crippen LogP contribution in [-0.2, 0) is 6.42 Å². The number of para-hydroxylation sites is 1. The second kappa shape index (κ2) is 16.1. The van der Waals surface area contributed by atoms with Crippen molar-refractivity contribution < 1.29 is 4.79 Å². The number of carbonyl (C=O) groups excluding carboxylic acids is 1. The number of carbonyl (C=O) groups is 1. The Balaban J connectivity index is 1.64. The number of amides is 2. The molecule has 0 saturated heterocycles. The molecule has 39 heavy (non-hydrogen) atoms. The molecule has 2 N–H and O–H groups in total. The molecule has 6 nitrogen and oxygen atoms in total. The summed E-state index contributed by atoms with van der Waals surface area (Å²) >= 11 is 0. The number of anilines is 2. The summed E-state index contributed by atoms with van der Waals surface area (Å²) < 4.78 is 1.74. The molecule has 0 fully saturated rings. The Hall–Kier alpha value is -3.15. The molecule has 0 radical (unpaired) electrons. The fraction of sp³-hybridized carbons (Fsp3) is 0.545. The number of aryl methyl sites for hydroxylation is 1. The zero-order chi connectivity index (χ0) is 28.0. The van der Waals surface area contributed by atoms with E-state index in [9.17, 15) is 4.79 Å². The lowest BCUT2D eigenvalue weighted by atomic mass is 9.93. The van der Waals surface area contributed by atoms with Crippen molar-refractivity contribution in [1.82, 2.24) is 14.8 Å². The maximum absolute atomic E-state index is 13.3. The fourth-order valence-electron chi connectivity index (χ4n) is 5.05. The smallest absolute Gasteiger partial charge is 0.307 e. The van der Waals surface area contributed by atoms with Gasteiger partial charge >= 0.3 is 6.03 Å². The first-order valence-electron chi connectivity index (χ1n) is 15.1. The summed E-state index contributed by atoms with van der Waals surface area (Å²) in [4.78, 5) is 17.8. The number of hydrogen-bond donors (Lipinski definition) is 2. The van der Waals surface area contributed by atoms with Crippen molar-refractivity contribution in [1.29, 1.82) is 0 Å². The normalized spacial score (nSPS) is 11.4.